The van der Waals surface area contributed by atoms with E-state index in [2.05, 4.69) is 17.1 Å². The minimum absolute atomic E-state index is 0.245. The summed E-state index contributed by atoms with van der Waals surface area (Å²) in [6.45, 7) is 5.24. The zero-order chi connectivity index (χ0) is 10.8. The van der Waals surface area contributed by atoms with E-state index >= 15 is 0 Å². The van der Waals surface area contributed by atoms with Gasteiger partial charge in [-0.3, -0.25) is 4.79 Å². The second kappa shape index (κ2) is 3.57. The SMILES string of the molecule is C=CC(=O)Nc1ccc2c(C)noc2c1. The van der Waals surface area contributed by atoms with E-state index in [1.165, 1.54) is 6.08 Å². The number of fused-ring (bicyclic) bond motifs is 1. The van der Waals surface area contributed by atoms with Crippen LogP contribution in [0.25, 0.3) is 11.0 Å². The van der Waals surface area contributed by atoms with Gasteiger partial charge in [-0.15, -0.1) is 0 Å². The van der Waals surface area contributed by atoms with Crippen molar-refractivity contribution < 1.29 is 9.32 Å². The molecule has 2 aromatic rings. The lowest BCUT2D eigenvalue weighted by atomic mass is 10.2. The van der Waals surface area contributed by atoms with Crippen LogP contribution in [0.4, 0.5) is 5.69 Å². The third kappa shape index (κ3) is 1.74. The van der Waals surface area contributed by atoms with E-state index in [9.17, 15) is 4.79 Å². The maximum atomic E-state index is 11.0. The number of benzene rings is 1. The van der Waals surface area contributed by atoms with Crippen molar-refractivity contribution in [2.75, 3.05) is 5.32 Å². The smallest absolute Gasteiger partial charge is 0.247 e. The number of nitrogens with one attached hydrogen (secondary N) is 1. The summed E-state index contributed by atoms with van der Waals surface area (Å²) in [6.07, 6.45) is 1.22. The molecule has 0 spiro atoms. The molecule has 0 aliphatic rings. The van der Waals surface area contributed by atoms with E-state index in [4.69, 9.17) is 4.52 Å². The molecule has 0 fully saturated rings. The normalized spacial score (nSPS) is 10.2. The quantitative estimate of drug-likeness (QED) is 0.760. The van der Waals surface area contributed by atoms with Gasteiger partial charge in [-0.2, -0.15) is 0 Å². The number of nitrogens with zero attached hydrogens (tertiary/aromatic N) is 1. The monoisotopic (exact) mass is 202 g/mol. The maximum absolute atomic E-state index is 11.0. The third-order valence-electron chi connectivity index (χ3n) is 2.11. The molecule has 0 bridgehead atoms. The number of amides is 1. The number of hydrogen-bond donors (Lipinski definition) is 1. The minimum Gasteiger partial charge on any atom is -0.356 e. The Morgan fingerprint density at radius 3 is 3.13 bits per heavy atom. The van der Waals surface area contributed by atoms with Gasteiger partial charge in [0.2, 0.25) is 5.91 Å². The van der Waals surface area contributed by atoms with Crippen molar-refractivity contribution >= 4 is 22.6 Å². The van der Waals surface area contributed by atoms with E-state index in [-0.39, 0.29) is 5.91 Å². The molecule has 0 unspecified atom stereocenters. The number of aromatic nitrogens is 1. The molecular formula is C11H10N2O2. The molecule has 4 heteroatoms. The van der Waals surface area contributed by atoms with Gasteiger partial charge in [-0.1, -0.05) is 11.7 Å². The summed E-state index contributed by atoms with van der Waals surface area (Å²) in [6, 6.07) is 5.39. The number of anilines is 1. The van der Waals surface area contributed by atoms with Crippen LogP contribution in [0.2, 0.25) is 0 Å². The maximum Gasteiger partial charge on any atom is 0.247 e. The standard InChI is InChI=1S/C11H10N2O2/c1-3-11(14)12-8-4-5-9-7(2)13-15-10(9)6-8/h3-6H,1H2,2H3,(H,12,14). The largest absolute Gasteiger partial charge is 0.356 e. The first kappa shape index (κ1) is 9.45. The Kier molecular flexibility index (Phi) is 2.25. The van der Waals surface area contributed by atoms with Crippen LogP contribution in [0.15, 0.2) is 35.4 Å². The molecule has 0 atom stereocenters. The van der Waals surface area contributed by atoms with Crippen molar-refractivity contribution in [3.8, 4) is 0 Å². The molecule has 2 rings (SSSR count). The first-order valence-electron chi connectivity index (χ1n) is 4.50. The first-order valence-corrected chi connectivity index (χ1v) is 4.50. The molecule has 1 N–H and O–H groups in total. The van der Waals surface area contributed by atoms with Crippen LogP contribution in [0.3, 0.4) is 0 Å². The van der Waals surface area contributed by atoms with Gasteiger partial charge in [0.15, 0.2) is 5.58 Å². The molecule has 1 amide bonds. The van der Waals surface area contributed by atoms with Gasteiger partial charge < -0.3 is 9.84 Å². The van der Waals surface area contributed by atoms with Crippen LogP contribution in [-0.4, -0.2) is 11.1 Å². The fourth-order valence-corrected chi connectivity index (χ4v) is 1.33. The second-order valence-corrected chi connectivity index (χ2v) is 3.17. The fourth-order valence-electron chi connectivity index (χ4n) is 1.33. The van der Waals surface area contributed by atoms with E-state index in [0.717, 1.165) is 11.1 Å². The lowest BCUT2D eigenvalue weighted by molar-refractivity contribution is -0.111. The fraction of sp³-hybridized carbons (Fsp3) is 0.0909. The van der Waals surface area contributed by atoms with Gasteiger partial charge in [0.05, 0.1) is 5.69 Å². The Morgan fingerprint density at radius 2 is 2.40 bits per heavy atom. The summed E-state index contributed by atoms with van der Waals surface area (Å²) in [4.78, 5) is 11.0. The second-order valence-electron chi connectivity index (χ2n) is 3.17. The Bertz CT molecular complexity index is 528. The van der Waals surface area contributed by atoms with Gasteiger partial charge >= 0.3 is 0 Å². The number of aryl methyl sites for hydroxylation is 1. The van der Waals surface area contributed by atoms with Gasteiger partial charge in [0.25, 0.3) is 0 Å². The Hall–Kier alpha value is -2.10. The number of rotatable bonds is 2. The van der Waals surface area contributed by atoms with Crippen molar-refractivity contribution in [2.45, 2.75) is 6.92 Å². The molecule has 0 aliphatic heterocycles. The molecule has 76 valence electrons. The molecule has 1 aromatic heterocycles. The van der Waals surface area contributed by atoms with Crippen molar-refractivity contribution in [3.63, 3.8) is 0 Å². The first-order chi connectivity index (χ1) is 7.20. The molecule has 0 saturated heterocycles. The van der Waals surface area contributed by atoms with E-state index in [1.54, 1.807) is 12.1 Å². The molecule has 4 nitrogen and oxygen atoms in total. The minimum atomic E-state index is -0.245. The van der Waals surface area contributed by atoms with Gasteiger partial charge in [0.1, 0.15) is 0 Å². The number of hydrogen-bond acceptors (Lipinski definition) is 3. The van der Waals surface area contributed by atoms with Crippen molar-refractivity contribution in [2.24, 2.45) is 0 Å². The number of carbonyl (C=O) groups is 1. The predicted octanol–water partition coefficient (Wildman–Crippen LogP) is 2.26. The average molecular weight is 202 g/mol. The predicted molar refractivity (Wildman–Crippen MR) is 57.6 cm³/mol. The van der Waals surface area contributed by atoms with Crippen LogP contribution < -0.4 is 5.32 Å². The molecule has 0 saturated carbocycles. The van der Waals surface area contributed by atoms with Gasteiger partial charge in [-0.05, 0) is 25.1 Å². The van der Waals surface area contributed by atoms with E-state index < -0.39 is 0 Å². The molecule has 0 radical (unpaired) electrons. The zero-order valence-electron chi connectivity index (χ0n) is 8.28. The van der Waals surface area contributed by atoms with Gasteiger partial charge in [0, 0.05) is 17.1 Å². The third-order valence-corrected chi connectivity index (χ3v) is 2.11. The molecule has 0 aliphatic carbocycles. The summed E-state index contributed by atoms with van der Waals surface area (Å²) in [5, 5.41) is 7.43. The molecule has 15 heavy (non-hydrogen) atoms. The van der Waals surface area contributed by atoms with Gasteiger partial charge in [-0.25, -0.2) is 0 Å². The summed E-state index contributed by atoms with van der Waals surface area (Å²) in [5.74, 6) is -0.245. The highest BCUT2D eigenvalue weighted by Gasteiger charge is 2.05. The highest BCUT2D eigenvalue weighted by atomic mass is 16.5. The lowest BCUT2D eigenvalue weighted by Gasteiger charge is -2.00. The van der Waals surface area contributed by atoms with Crippen molar-refractivity contribution in [1.29, 1.82) is 0 Å². The summed E-state index contributed by atoms with van der Waals surface area (Å²) >= 11 is 0. The van der Waals surface area contributed by atoms with E-state index in [0.29, 0.717) is 11.3 Å². The number of carbonyl (C=O) groups excluding carboxylic acids is 1. The van der Waals surface area contributed by atoms with Crippen LogP contribution in [0, 0.1) is 6.92 Å². The molecule has 1 heterocycles. The summed E-state index contributed by atoms with van der Waals surface area (Å²) in [7, 11) is 0. The summed E-state index contributed by atoms with van der Waals surface area (Å²) in [5.41, 5.74) is 2.17. The highest BCUT2D eigenvalue weighted by Crippen LogP contribution is 2.21. The van der Waals surface area contributed by atoms with Crippen molar-refractivity contribution in [1.82, 2.24) is 5.16 Å². The van der Waals surface area contributed by atoms with Crippen LogP contribution >= 0.6 is 0 Å². The average Bonchev–Trinajstić information content (AvgIpc) is 2.60. The van der Waals surface area contributed by atoms with Crippen LogP contribution in [0.5, 0.6) is 0 Å². The molecule has 1 aromatic carbocycles. The Balaban J connectivity index is 2.39. The highest BCUT2D eigenvalue weighted by molar-refractivity contribution is 6.00. The van der Waals surface area contributed by atoms with E-state index in [1.807, 2.05) is 13.0 Å². The lowest BCUT2D eigenvalue weighted by Crippen LogP contribution is -2.06. The Labute approximate surface area is 86.6 Å². The van der Waals surface area contributed by atoms with Crippen LogP contribution in [0.1, 0.15) is 5.69 Å². The topological polar surface area (TPSA) is 55.1 Å². The van der Waals surface area contributed by atoms with Crippen LogP contribution in [-0.2, 0) is 4.79 Å². The zero-order valence-corrected chi connectivity index (χ0v) is 8.28. The summed E-state index contributed by atoms with van der Waals surface area (Å²) < 4.78 is 5.08. The molecular weight excluding hydrogens is 192 g/mol. The van der Waals surface area contributed by atoms with Crippen molar-refractivity contribution in [3.05, 3.63) is 36.5 Å². The Morgan fingerprint density at radius 1 is 1.60 bits per heavy atom.